The van der Waals surface area contributed by atoms with Crippen LogP contribution in [-0.2, 0) is 13.0 Å². The molecule has 0 aliphatic carbocycles. The van der Waals surface area contributed by atoms with Crippen LogP contribution in [0.25, 0.3) is 0 Å². The maximum Gasteiger partial charge on any atom is 0.119 e. The molecule has 1 unspecified atom stereocenters. The fourth-order valence-electron chi connectivity index (χ4n) is 2.77. The molecule has 128 valence electrons. The summed E-state index contributed by atoms with van der Waals surface area (Å²) < 4.78 is 5.84. The summed E-state index contributed by atoms with van der Waals surface area (Å²) in [4.78, 5) is 0. The van der Waals surface area contributed by atoms with Crippen LogP contribution in [0.1, 0.15) is 29.7 Å². The highest BCUT2D eigenvalue weighted by atomic mass is 16.5. The van der Waals surface area contributed by atoms with Crippen LogP contribution < -0.4 is 10.1 Å². The molecule has 2 heteroatoms. The van der Waals surface area contributed by atoms with Gasteiger partial charge >= 0.3 is 0 Å². The van der Waals surface area contributed by atoms with Crippen LogP contribution in [0.15, 0.2) is 84.9 Å². The summed E-state index contributed by atoms with van der Waals surface area (Å²) in [5.74, 6) is 0.927. The van der Waals surface area contributed by atoms with Crippen molar-refractivity contribution in [1.82, 2.24) is 5.32 Å². The van der Waals surface area contributed by atoms with E-state index in [2.05, 4.69) is 85.0 Å². The lowest BCUT2D eigenvalue weighted by atomic mass is 10.1. The number of nitrogens with one attached hydrogen (secondary N) is 1. The van der Waals surface area contributed by atoms with Gasteiger partial charge in [0.25, 0.3) is 0 Å². The van der Waals surface area contributed by atoms with Crippen LogP contribution >= 0.6 is 0 Å². The molecule has 3 aromatic carbocycles. The van der Waals surface area contributed by atoms with Crippen LogP contribution in [0.5, 0.6) is 5.75 Å². The minimum absolute atomic E-state index is 0.336. The Morgan fingerprint density at radius 3 is 2.08 bits per heavy atom. The van der Waals surface area contributed by atoms with E-state index in [9.17, 15) is 0 Å². The smallest absolute Gasteiger partial charge is 0.119 e. The Labute approximate surface area is 150 Å². The average molecular weight is 331 g/mol. The molecule has 3 aromatic rings. The van der Waals surface area contributed by atoms with Gasteiger partial charge in [-0.3, -0.25) is 0 Å². The lowest BCUT2D eigenvalue weighted by molar-refractivity contribution is 0.322. The summed E-state index contributed by atoms with van der Waals surface area (Å²) in [6, 6.07) is 29.6. The van der Waals surface area contributed by atoms with Gasteiger partial charge in [-0.15, -0.1) is 0 Å². The zero-order valence-corrected chi connectivity index (χ0v) is 14.7. The van der Waals surface area contributed by atoms with Crippen molar-refractivity contribution in [1.29, 1.82) is 0 Å². The lowest BCUT2D eigenvalue weighted by Crippen LogP contribution is -2.17. The van der Waals surface area contributed by atoms with E-state index in [1.165, 1.54) is 16.7 Å². The summed E-state index contributed by atoms with van der Waals surface area (Å²) in [6.45, 7) is 3.74. The first-order valence-corrected chi connectivity index (χ1v) is 8.85. The van der Waals surface area contributed by atoms with Crippen LogP contribution in [-0.4, -0.2) is 6.61 Å². The predicted octanol–water partition coefficient (Wildman–Crippen LogP) is 5.16. The van der Waals surface area contributed by atoms with Gasteiger partial charge in [0, 0.05) is 19.0 Å². The van der Waals surface area contributed by atoms with Gasteiger partial charge in [-0.05, 0) is 35.7 Å². The number of rotatable bonds is 8. The molecule has 2 nitrogen and oxygen atoms in total. The Morgan fingerprint density at radius 2 is 1.40 bits per heavy atom. The minimum atomic E-state index is 0.336. The standard InChI is InChI=1S/C23H25NO/c1-19(22-10-6-3-7-11-22)24-18-21-12-14-23(15-13-21)25-17-16-20-8-4-2-5-9-20/h2-15,19,24H,16-18H2,1H3. The quantitative estimate of drug-likeness (QED) is 0.615. The Bertz CT molecular complexity index is 738. The maximum atomic E-state index is 5.84. The molecule has 25 heavy (non-hydrogen) atoms. The first-order valence-electron chi connectivity index (χ1n) is 8.85. The Hall–Kier alpha value is -2.58. The molecular weight excluding hydrogens is 306 g/mol. The van der Waals surface area contributed by atoms with Gasteiger partial charge < -0.3 is 10.1 Å². The van der Waals surface area contributed by atoms with Gasteiger partial charge in [-0.1, -0.05) is 72.8 Å². The van der Waals surface area contributed by atoms with Crippen molar-refractivity contribution in [3.8, 4) is 5.75 Å². The number of hydrogen-bond donors (Lipinski definition) is 1. The monoisotopic (exact) mass is 331 g/mol. The van der Waals surface area contributed by atoms with E-state index in [4.69, 9.17) is 4.74 Å². The molecule has 0 saturated heterocycles. The number of hydrogen-bond acceptors (Lipinski definition) is 2. The molecule has 0 radical (unpaired) electrons. The zero-order chi connectivity index (χ0) is 17.3. The van der Waals surface area contributed by atoms with Crippen molar-refractivity contribution in [2.75, 3.05) is 6.61 Å². The fourth-order valence-corrected chi connectivity index (χ4v) is 2.77. The lowest BCUT2D eigenvalue weighted by Gasteiger charge is -2.14. The third-order valence-electron chi connectivity index (χ3n) is 4.34. The van der Waals surface area contributed by atoms with Crippen molar-refractivity contribution in [2.45, 2.75) is 25.9 Å². The van der Waals surface area contributed by atoms with Gasteiger partial charge in [0.05, 0.1) is 6.61 Å². The number of ether oxygens (including phenoxy) is 1. The molecule has 0 amide bonds. The third-order valence-corrected chi connectivity index (χ3v) is 4.34. The zero-order valence-electron chi connectivity index (χ0n) is 14.7. The van der Waals surface area contributed by atoms with E-state index in [-0.39, 0.29) is 0 Å². The van der Waals surface area contributed by atoms with Gasteiger partial charge in [-0.2, -0.15) is 0 Å². The summed E-state index contributed by atoms with van der Waals surface area (Å²) in [5.41, 5.74) is 3.87. The number of benzene rings is 3. The minimum Gasteiger partial charge on any atom is -0.493 e. The first kappa shape index (κ1) is 17.2. The molecule has 0 aliphatic rings. The molecule has 1 N–H and O–H groups in total. The summed E-state index contributed by atoms with van der Waals surface area (Å²) >= 11 is 0. The molecule has 0 heterocycles. The van der Waals surface area contributed by atoms with E-state index in [1.54, 1.807) is 0 Å². The van der Waals surface area contributed by atoms with E-state index >= 15 is 0 Å². The first-order chi connectivity index (χ1) is 12.3. The van der Waals surface area contributed by atoms with Crippen molar-refractivity contribution >= 4 is 0 Å². The fraction of sp³-hybridized carbons (Fsp3) is 0.217. The van der Waals surface area contributed by atoms with E-state index in [0.717, 1.165) is 18.7 Å². The van der Waals surface area contributed by atoms with Gasteiger partial charge in [0.15, 0.2) is 0 Å². The van der Waals surface area contributed by atoms with Crippen LogP contribution in [0, 0.1) is 0 Å². The Kier molecular flexibility index (Phi) is 6.24. The van der Waals surface area contributed by atoms with E-state index in [0.29, 0.717) is 12.6 Å². The van der Waals surface area contributed by atoms with Crippen molar-refractivity contribution in [3.63, 3.8) is 0 Å². The van der Waals surface area contributed by atoms with Crippen molar-refractivity contribution < 1.29 is 4.74 Å². The molecule has 0 aliphatic heterocycles. The summed E-state index contributed by atoms with van der Waals surface area (Å²) in [6.07, 6.45) is 0.929. The maximum absolute atomic E-state index is 5.84. The van der Waals surface area contributed by atoms with E-state index in [1.807, 2.05) is 12.1 Å². The molecular formula is C23H25NO. The Balaban J connectivity index is 1.44. The molecule has 0 saturated carbocycles. The second-order valence-electron chi connectivity index (χ2n) is 6.24. The van der Waals surface area contributed by atoms with Gasteiger partial charge in [-0.25, -0.2) is 0 Å². The third kappa shape index (κ3) is 5.47. The molecule has 0 spiro atoms. The molecule has 3 rings (SSSR count). The predicted molar refractivity (Wildman–Crippen MR) is 104 cm³/mol. The van der Waals surface area contributed by atoms with Crippen LogP contribution in [0.3, 0.4) is 0 Å². The highest BCUT2D eigenvalue weighted by molar-refractivity contribution is 5.28. The molecule has 0 aromatic heterocycles. The van der Waals surface area contributed by atoms with Crippen molar-refractivity contribution in [2.24, 2.45) is 0 Å². The van der Waals surface area contributed by atoms with Crippen LogP contribution in [0.4, 0.5) is 0 Å². The molecule has 0 fully saturated rings. The average Bonchev–Trinajstić information content (AvgIpc) is 2.68. The largest absolute Gasteiger partial charge is 0.493 e. The van der Waals surface area contributed by atoms with Crippen LogP contribution in [0.2, 0.25) is 0 Å². The SMILES string of the molecule is CC(NCc1ccc(OCCc2ccccc2)cc1)c1ccccc1. The topological polar surface area (TPSA) is 21.3 Å². The normalized spacial score (nSPS) is 11.9. The van der Waals surface area contributed by atoms with Crippen molar-refractivity contribution in [3.05, 3.63) is 102 Å². The van der Waals surface area contributed by atoms with Gasteiger partial charge in [0.1, 0.15) is 5.75 Å². The van der Waals surface area contributed by atoms with Gasteiger partial charge in [0.2, 0.25) is 0 Å². The summed E-state index contributed by atoms with van der Waals surface area (Å²) in [7, 11) is 0. The van der Waals surface area contributed by atoms with E-state index < -0.39 is 0 Å². The second kappa shape index (κ2) is 9.05. The summed E-state index contributed by atoms with van der Waals surface area (Å²) in [5, 5.41) is 3.56. The highest BCUT2D eigenvalue weighted by Gasteiger charge is 2.04. The molecule has 1 atom stereocenters. The Morgan fingerprint density at radius 1 is 0.760 bits per heavy atom. The molecule has 0 bridgehead atoms. The highest BCUT2D eigenvalue weighted by Crippen LogP contribution is 2.15. The second-order valence-corrected chi connectivity index (χ2v) is 6.24.